The molecule has 0 aromatic heterocycles. The highest BCUT2D eigenvalue weighted by molar-refractivity contribution is 6.94. The van der Waals surface area contributed by atoms with Crippen LogP contribution in [0.15, 0.2) is 21.5 Å². The zero-order chi connectivity index (χ0) is 14.8. The Kier molecular flexibility index (Phi) is 3.16. The molecular formula is C15H28NOSi2+. The molecule has 1 heterocycles. The Bertz CT molecular complexity index is 469. The topological polar surface area (TPSA) is 17.1 Å². The summed E-state index contributed by atoms with van der Waals surface area (Å²) in [6.07, 6.45) is 0. The summed E-state index contributed by atoms with van der Waals surface area (Å²) in [4.78, 5) is 13.0. The highest BCUT2D eigenvalue weighted by Gasteiger charge is 2.48. The standard InChI is InChI=1S/C15H28NOSi2/c1-16(2)9-11-12(10-16)15(19(6,7)8)13(17)14(11)18(3,4)5/h9-10H2,1-8H3/q+1. The van der Waals surface area contributed by atoms with Crippen molar-refractivity contribution >= 4 is 21.9 Å². The van der Waals surface area contributed by atoms with Crippen molar-refractivity contribution in [3.63, 3.8) is 0 Å². The van der Waals surface area contributed by atoms with Crippen LogP contribution in [0.3, 0.4) is 0 Å². The van der Waals surface area contributed by atoms with Crippen LogP contribution >= 0.6 is 0 Å². The van der Waals surface area contributed by atoms with Crippen LogP contribution in [0.1, 0.15) is 0 Å². The lowest BCUT2D eigenvalue weighted by Crippen LogP contribution is -2.40. The van der Waals surface area contributed by atoms with Gasteiger partial charge < -0.3 is 4.48 Å². The van der Waals surface area contributed by atoms with Crippen LogP contribution in [0.4, 0.5) is 0 Å². The molecule has 0 atom stereocenters. The molecule has 1 aliphatic heterocycles. The molecule has 2 aliphatic rings. The highest BCUT2D eigenvalue weighted by atomic mass is 28.3. The van der Waals surface area contributed by atoms with Gasteiger partial charge in [0.15, 0.2) is 5.78 Å². The zero-order valence-corrected chi connectivity index (χ0v) is 15.8. The second kappa shape index (κ2) is 4.02. The maximum absolute atomic E-state index is 13.0. The van der Waals surface area contributed by atoms with Crippen LogP contribution in [0.2, 0.25) is 39.3 Å². The Labute approximate surface area is 119 Å². The molecule has 106 valence electrons. The number of Topliss-reactive ketones (excluding diaryl/α,β-unsaturated/α-hetero) is 1. The monoisotopic (exact) mass is 294 g/mol. The Balaban J connectivity index is 2.65. The Hall–Kier alpha value is -0.456. The summed E-state index contributed by atoms with van der Waals surface area (Å²) in [6.45, 7) is 16.0. The number of hydrogen-bond donors (Lipinski definition) is 0. The first-order valence-corrected chi connectivity index (χ1v) is 14.2. The number of hydrogen-bond acceptors (Lipinski definition) is 1. The van der Waals surface area contributed by atoms with Gasteiger partial charge in [-0.15, -0.1) is 0 Å². The van der Waals surface area contributed by atoms with E-state index in [9.17, 15) is 4.79 Å². The average molecular weight is 295 g/mol. The van der Waals surface area contributed by atoms with Gasteiger partial charge in [-0.2, -0.15) is 0 Å². The van der Waals surface area contributed by atoms with E-state index in [1.54, 1.807) is 0 Å². The number of rotatable bonds is 2. The van der Waals surface area contributed by atoms with Crippen LogP contribution < -0.4 is 0 Å². The van der Waals surface area contributed by atoms with Crippen molar-refractivity contribution in [1.82, 2.24) is 0 Å². The average Bonchev–Trinajstić information content (AvgIpc) is 2.48. The molecule has 0 radical (unpaired) electrons. The first-order chi connectivity index (χ1) is 8.34. The minimum Gasteiger partial charge on any atom is -0.321 e. The van der Waals surface area contributed by atoms with E-state index in [0.717, 1.165) is 17.6 Å². The molecule has 1 fully saturated rings. The van der Waals surface area contributed by atoms with Gasteiger partial charge in [-0.1, -0.05) is 39.3 Å². The molecule has 0 saturated carbocycles. The number of likely N-dealkylation sites (tertiary alicyclic amines) is 1. The van der Waals surface area contributed by atoms with E-state index in [2.05, 4.69) is 53.4 Å². The number of carbonyl (C=O) groups excluding carboxylic acids is 1. The van der Waals surface area contributed by atoms with Crippen molar-refractivity contribution in [2.24, 2.45) is 0 Å². The summed E-state index contributed by atoms with van der Waals surface area (Å²) in [6, 6.07) is 0. The van der Waals surface area contributed by atoms with E-state index in [0.29, 0.717) is 5.78 Å². The summed E-state index contributed by atoms with van der Waals surface area (Å²) >= 11 is 0. The van der Waals surface area contributed by atoms with Gasteiger partial charge in [0.1, 0.15) is 13.1 Å². The normalized spacial score (nSPS) is 23.5. The van der Waals surface area contributed by atoms with Gasteiger partial charge in [-0.3, -0.25) is 4.79 Å². The number of nitrogens with zero attached hydrogens (tertiary/aromatic N) is 1. The molecule has 0 aromatic carbocycles. The Morgan fingerprint density at radius 2 is 1.11 bits per heavy atom. The maximum atomic E-state index is 13.0. The maximum Gasteiger partial charge on any atom is 0.178 e. The number of quaternary nitrogens is 1. The van der Waals surface area contributed by atoms with Crippen molar-refractivity contribution in [3.05, 3.63) is 21.5 Å². The zero-order valence-electron chi connectivity index (χ0n) is 13.8. The lowest BCUT2D eigenvalue weighted by molar-refractivity contribution is -0.872. The van der Waals surface area contributed by atoms with Crippen LogP contribution in [-0.4, -0.2) is 53.6 Å². The Morgan fingerprint density at radius 3 is 1.37 bits per heavy atom. The first kappa shape index (κ1) is 14.9. The third-order valence-electron chi connectivity index (χ3n) is 4.09. The summed E-state index contributed by atoms with van der Waals surface area (Å²) in [5, 5.41) is 2.48. The summed E-state index contributed by atoms with van der Waals surface area (Å²) in [5.74, 6) is 0.433. The minimum absolute atomic E-state index is 0.433. The molecule has 2 rings (SSSR count). The quantitative estimate of drug-likeness (QED) is 0.565. The van der Waals surface area contributed by atoms with Gasteiger partial charge in [-0.05, 0) is 10.4 Å². The third kappa shape index (κ3) is 2.46. The Morgan fingerprint density at radius 1 is 0.789 bits per heavy atom. The molecule has 0 spiro atoms. The van der Waals surface area contributed by atoms with Crippen molar-refractivity contribution in [2.75, 3.05) is 27.2 Å². The van der Waals surface area contributed by atoms with Crippen LogP contribution in [0.25, 0.3) is 0 Å². The molecule has 0 amide bonds. The van der Waals surface area contributed by atoms with Gasteiger partial charge in [0, 0.05) is 11.1 Å². The van der Waals surface area contributed by atoms with Gasteiger partial charge in [0.2, 0.25) is 0 Å². The summed E-state index contributed by atoms with van der Waals surface area (Å²) in [5.41, 5.74) is 2.87. The SMILES string of the molecule is C[N+]1(C)CC2=C([Si](C)(C)C)C(=O)C([Si](C)(C)C)=C2C1. The lowest BCUT2D eigenvalue weighted by atomic mass is 10.2. The van der Waals surface area contributed by atoms with E-state index in [-0.39, 0.29) is 0 Å². The predicted octanol–water partition coefficient (Wildman–Crippen LogP) is 3.01. The molecule has 0 aromatic rings. The lowest BCUT2D eigenvalue weighted by Gasteiger charge is -2.27. The van der Waals surface area contributed by atoms with Gasteiger partial charge in [0.25, 0.3) is 0 Å². The number of likely N-dealkylation sites (N-methyl/N-ethyl adjacent to an activating group) is 1. The third-order valence-corrected chi connectivity index (χ3v) is 8.15. The molecule has 0 N–H and O–H groups in total. The van der Waals surface area contributed by atoms with E-state index in [4.69, 9.17) is 0 Å². The predicted molar refractivity (Wildman–Crippen MR) is 87.6 cm³/mol. The summed E-state index contributed by atoms with van der Waals surface area (Å²) in [7, 11) is 1.46. The van der Waals surface area contributed by atoms with Gasteiger partial charge >= 0.3 is 0 Å². The van der Waals surface area contributed by atoms with Crippen LogP contribution in [0.5, 0.6) is 0 Å². The molecule has 4 heteroatoms. The molecule has 19 heavy (non-hydrogen) atoms. The number of carbonyl (C=O) groups is 1. The van der Waals surface area contributed by atoms with Crippen LogP contribution in [-0.2, 0) is 4.79 Å². The molecule has 1 aliphatic carbocycles. The van der Waals surface area contributed by atoms with E-state index in [1.807, 2.05) is 0 Å². The fourth-order valence-corrected chi connectivity index (χ4v) is 7.56. The molecule has 0 unspecified atom stereocenters. The van der Waals surface area contributed by atoms with E-state index < -0.39 is 16.1 Å². The highest BCUT2D eigenvalue weighted by Crippen LogP contribution is 2.43. The summed E-state index contributed by atoms with van der Waals surface area (Å²) < 4.78 is 1.01. The fraction of sp³-hybridized carbons (Fsp3) is 0.667. The molecule has 2 nitrogen and oxygen atoms in total. The van der Waals surface area contributed by atoms with Crippen molar-refractivity contribution in [3.8, 4) is 0 Å². The number of allylic oxidation sites excluding steroid dienone is 2. The van der Waals surface area contributed by atoms with E-state index >= 15 is 0 Å². The molecular weight excluding hydrogens is 266 g/mol. The molecule has 0 bridgehead atoms. The number of fused-ring (bicyclic) bond motifs is 1. The smallest absolute Gasteiger partial charge is 0.178 e. The van der Waals surface area contributed by atoms with Gasteiger partial charge in [-0.25, -0.2) is 0 Å². The van der Waals surface area contributed by atoms with Crippen molar-refractivity contribution in [1.29, 1.82) is 0 Å². The number of ketones is 1. The van der Waals surface area contributed by atoms with E-state index in [1.165, 1.54) is 21.5 Å². The minimum atomic E-state index is -1.56. The molecule has 1 saturated heterocycles. The van der Waals surface area contributed by atoms with Gasteiger partial charge in [0.05, 0.1) is 30.2 Å². The largest absolute Gasteiger partial charge is 0.321 e. The van der Waals surface area contributed by atoms with Crippen molar-refractivity contribution in [2.45, 2.75) is 39.3 Å². The second-order valence-electron chi connectivity index (χ2n) is 8.79. The second-order valence-corrected chi connectivity index (χ2v) is 18.8. The fourth-order valence-electron chi connectivity index (χ4n) is 3.55. The van der Waals surface area contributed by atoms with Crippen molar-refractivity contribution < 1.29 is 9.28 Å². The first-order valence-electron chi connectivity index (χ1n) is 7.19. The van der Waals surface area contributed by atoms with Crippen LogP contribution in [0, 0.1) is 0 Å².